The summed E-state index contributed by atoms with van der Waals surface area (Å²) in [5.41, 5.74) is -2.06. The molecule has 13 nitrogen and oxygen atoms in total. The summed E-state index contributed by atoms with van der Waals surface area (Å²) in [4.78, 5) is 69.2. The van der Waals surface area contributed by atoms with Gasteiger partial charge in [0.2, 0.25) is 0 Å². The SMILES string of the molecule is O=c1ccn(CCCCCP(=O)(O)OP(=O)(O)CCCCCn2ccc(=O)[nH]c2=O)c(=O)[nH]1. The molecule has 0 bridgehead atoms. The molecule has 33 heavy (non-hydrogen) atoms. The summed E-state index contributed by atoms with van der Waals surface area (Å²) in [6, 6.07) is 2.44. The molecule has 0 saturated heterocycles. The number of aromatic amines is 2. The third-order valence-corrected chi connectivity index (χ3v) is 8.53. The van der Waals surface area contributed by atoms with Crippen molar-refractivity contribution in [3.8, 4) is 0 Å². The lowest BCUT2D eigenvalue weighted by Crippen LogP contribution is -2.28. The predicted molar refractivity (Wildman–Crippen MR) is 121 cm³/mol. The molecule has 2 rings (SSSR count). The second kappa shape index (κ2) is 12.2. The van der Waals surface area contributed by atoms with Crippen LogP contribution in [0.2, 0.25) is 0 Å². The number of unbranched alkanes of at least 4 members (excludes halogenated alkanes) is 4. The number of nitrogens with zero attached hydrogens (tertiary/aromatic N) is 2. The van der Waals surface area contributed by atoms with E-state index in [0.717, 1.165) is 0 Å². The number of rotatable bonds is 14. The van der Waals surface area contributed by atoms with Gasteiger partial charge in [0.1, 0.15) is 0 Å². The summed E-state index contributed by atoms with van der Waals surface area (Å²) in [7, 11) is -8.53. The summed E-state index contributed by atoms with van der Waals surface area (Å²) >= 11 is 0. The first-order chi connectivity index (χ1) is 15.5. The highest BCUT2D eigenvalue weighted by molar-refractivity contribution is 7.66. The number of aromatic nitrogens is 4. The van der Waals surface area contributed by atoms with Crippen LogP contribution in [0.5, 0.6) is 0 Å². The van der Waals surface area contributed by atoms with Gasteiger partial charge in [0.25, 0.3) is 11.1 Å². The number of H-pyrrole nitrogens is 2. The molecule has 0 aromatic carbocycles. The number of nitrogens with one attached hydrogen (secondary N) is 2. The zero-order valence-corrected chi connectivity index (χ0v) is 19.7. The molecule has 184 valence electrons. The summed E-state index contributed by atoms with van der Waals surface area (Å²) in [5, 5.41) is 0. The molecule has 0 saturated carbocycles. The van der Waals surface area contributed by atoms with Crippen LogP contribution in [0.3, 0.4) is 0 Å². The van der Waals surface area contributed by atoms with Gasteiger partial charge in [0, 0.05) is 37.6 Å². The fourth-order valence-corrected chi connectivity index (χ4v) is 6.56. The topological polar surface area (TPSA) is 194 Å². The minimum absolute atomic E-state index is 0.250. The van der Waals surface area contributed by atoms with Gasteiger partial charge in [-0.05, 0) is 25.7 Å². The van der Waals surface area contributed by atoms with E-state index in [1.165, 1.54) is 33.7 Å². The van der Waals surface area contributed by atoms with Crippen LogP contribution in [0.1, 0.15) is 38.5 Å². The van der Waals surface area contributed by atoms with Crippen molar-refractivity contribution in [3.05, 3.63) is 66.2 Å². The van der Waals surface area contributed by atoms with Gasteiger partial charge in [-0.15, -0.1) is 0 Å². The van der Waals surface area contributed by atoms with E-state index in [1.807, 2.05) is 0 Å². The van der Waals surface area contributed by atoms with Crippen molar-refractivity contribution in [3.63, 3.8) is 0 Å². The van der Waals surface area contributed by atoms with E-state index in [9.17, 15) is 38.1 Å². The number of hydrogen-bond acceptors (Lipinski definition) is 7. The molecule has 0 spiro atoms. The van der Waals surface area contributed by atoms with Gasteiger partial charge in [-0.2, -0.15) is 0 Å². The molecule has 2 aromatic rings. The standard InChI is InChI=1S/C18H28N4O9P2/c23-15-7-11-21(17(25)19-15)9-3-1-5-13-32(27,28)31-33(29,30)14-6-2-4-10-22-12-8-16(24)20-18(22)26/h7-8,11-12H,1-6,9-10,13-14H2,(H,27,28)(H,29,30)(H,19,23,25)(H,20,24,26). The Morgan fingerprint density at radius 3 is 1.45 bits per heavy atom. The lowest BCUT2D eigenvalue weighted by atomic mass is 10.2. The Bertz CT molecular complexity index is 1150. The minimum atomic E-state index is -4.27. The molecule has 2 heterocycles. The Morgan fingerprint density at radius 1 is 0.697 bits per heavy atom. The molecular formula is C18H28N4O9P2. The van der Waals surface area contributed by atoms with Crippen LogP contribution in [-0.2, 0) is 26.5 Å². The van der Waals surface area contributed by atoms with E-state index in [4.69, 9.17) is 0 Å². The molecule has 2 aromatic heterocycles. The third-order valence-electron chi connectivity index (χ3n) is 4.73. The highest BCUT2D eigenvalue weighted by Gasteiger charge is 2.31. The van der Waals surface area contributed by atoms with Gasteiger partial charge in [0.05, 0.1) is 12.3 Å². The molecule has 0 radical (unpaired) electrons. The molecule has 2 unspecified atom stereocenters. The first-order valence-corrected chi connectivity index (χ1v) is 13.9. The summed E-state index contributed by atoms with van der Waals surface area (Å²) in [6.07, 6.45) is 4.57. The maximum Gasteiger partial charge on any atom is 0.335 e. The lowest BCUT2D eigenvalue weighted by Gasteiger charge is -2.17. The monoisotopic (exact) mass is 506 g/mol. The van der Waals surface area contributed by atoms with E-state index in [2.05, 4.69) is 14.3 Å². The van der Waals surface area contributed by atoms with Gasteiger partial charge in [-0.25, -0.2) is 13.9 Å². The Labute approximate surface area is 188 Å². The van der Waals surface area contributed by atoms with Crippen molar-refractivity contribution in [2.24, 2.45) is 0 Å². The molecule has 0 amide bonds. The Morgan fingerprint density at radius 2 is 1.09 bits per heavy atom. The maximum absolute atomic E-state index is 12.1. The van der Waals surface area contributed by atoms with E-state index in [1.54, 1.807) is 0 Å². The Hall–Kier alpha value is -2.30. The highest BCUT2D eigenvalue weighted by Crippen LogP contribution is 2.59. The van der Waals surface area contributed by atoms with Gasteiger partial charge in [-0.3, -0.25) is 28.7 Å². The lowest BCUT2D eigenvalue weighted by molar-refractivity contribution is 0.329. The highest BCUT2D eigenvalue weighted by atomic mass is 31.3. The van der Waals surface area contributed by atoms with E-state index in [-0.39, 0.29) is 25.2 Å². The van der Waals surface area contributed by atoms with Crippen molar-refractivity contribution in [1.29, 1.82) is 0 Å². The molecule has 2 atom stereocenters. The number of aryl methyl sites for hydroxylation is 2. The molecule has 0 aliphatic rings. The van der Waals surface area contributed by atoms with Crippen LogP contribution < -0.4 is 22.5 Å². The van der Waals surface area contributed by atoms with E-state index in [0.29, 0.717) is 38.8 Å². The first kappa shape index (κ1) is 26.9. The van der Waals surface area contributed by atoms with Gasteiger partial charge >= 0.3 is 26.6 Å². The molecule has 0 aliphatic heterocycles. The van der Waals surface area contributed by atoms with Crippen molar-refractivity contribution >= 4 is 15.2 Å². The Balaban J connectivity index is 1.66. The van der Waals surface area contributed by atoms with E-state index >= 15 is 0 Å². The molecule has 0 fully saturated rings. The van der Waals surface area contributed by atoms with Crippen molar-refractivity contribution in [2.45, 2.75) is 51.6 Å². The average molecular weight is 506 g/mol. The van der Waals surface area contributed by atoms with Crippen LogP contribution >= 0.6 is 15.2 Å². The smallest absolute Gasteiger partial charge is 0.324 e. The zero-order valence-electron chi connectivity index (χ0n) is 17.9. The van der Waals surface area contributed by atoms with Crippen LogP contribution in [0, 0.1) is 0 Å². The second-order valence-corrected chi connectivity index (χ2v) is 11.6. The molecule has 4 N–H and O–H groups in total. The summed E-state index contributed by atoms with van der Waals surface area (Å²) in [5.74, 6) is 0. The van der Waals surface area contributed by atoms with Gasteiger partial charge < -0.3 is 18.9 Å². The van der Waals surface area contributed by atoms with Crippen LogP contribution in [0.4, 0.5) is 0 Å². The fourth-order valence-electron chi connectivity index (χ4n) is 3.06. The van der Waals surface area contributed by atoms with Crippen molar-refractivity contribution in [1.82, 2.24) is 19.1 Å². The fraction of sp³-hybridized carbons (Fsp3) is 0.556. The predicted octanol–water partition coefficient (Wildman–Crippen LogP) is 0.815. The first-order valence-electron chi connectivity index (χ1n) is 10.4. The zero-order chi connectivity index (χ0) is 24.5. The van der Waals surface area contributed by atoms with Crippen LogP contribution in [0.25, 0.3) is 0 Å². The maximum atomic E-state index is 12.1. The largest absolute Gasteiger partial charge is 0.335 e. The minimum Gasteiger partial charge on any atom is -0.324 e. The molecule has 15 heteroatoms. The van der Waals surface area contributed by atoms with Crippen LogP contribution in [0.15, 0.2) is 43.7 Å². The normalized spacial score (nSPS) is 15.1. The molecule has 0 aliphatic carbocycles. The molecular weight excluding hydrogens is 478 g/mol. The second-order valence-electron chi connectivity index (χ2n) is 7.53. The Kier molecular flexibility index (Phi) is 10.00. The van der Waals surface area contributed by atoms with Crippen molar-refractivity contribution < 1.29 is 23.2 Å². The average Bonchev–Trinajstić information content (AvgIpc) is 2.69. The van der Waals surface area contributed by atoms with Gasteiger partial charge in [-0.1, -0.05) is 12.8 Å². The van der Waals surface area contributed by atoms with Crippen molar-refractivity contribution in [2.75, 3.05) is 12.3 Å². The van der Waals surface area contributed by atoms with Crippen LogP contribution in [-0.4, -0.2) is 41.2 Å². The van der Waals surface area contributed by atoms with E-state index < -0.39 is 37.7 Å². The summed E-state index contributed by atoms with van der Waals surface area (Å²) < 4.78 is 31.5. The number of hydrogen-bond donors (Lipinski definition) is 4. The quantitative estimate of drug-likeness (QED) is 0.212. The summed E-state index contributed by atoms with van der Waals surface area (Å²) in [6.45, 7) is 0.631. The van der Waals surface area contributed by atoms with Gasteiger partial charge in [0.15, 0.2) is 0 Å². The third kappa shape index (κ3) is 10.0.